The third-order valence-electron chi connectivity index (χ3n) is 4.19. The van der Waals surface area contributed by atoms with E-state index in [2.05, 4.69) is 22.5 Å². The molecule has 0 saturated carbocycles. The largest absolute Gasteiger partial charge is 0.351 e. The highest BCUT2D eigenvalue weighted by atomic mass is 35.5. The molecule has 0 atom stereocenters. The highest BCUT2D eigenvalue weighted by molar-refractivity contribution is 5.85. The maximum Gasteiger partial charge on any atom is 0.234 e. The van der Waals surface area contributed by atoms with Gasteiger partial charge in [0, 0.05) is 12.1 Å². The highest BCUT2D eigenvalue weighted by Crippen LogP contribution is 2.16. The van der Waals surface area contributed by atoms with Crippen LogP contribution in [0.5, 0.6) is 0 Å². The van der Waals surface area contributed by atoms with Gasteiger partial charge in [0.25, 0.3) is 0 Å². The van der Waals surface area contributed by atoms with Crippen molar-refractivity contribution in [1.82, 2.24) is 15.5 Å². The SMILES string of the molecule is CCNCC1CCN(CC(=O)NCc2ccccc2F)CC1.Cl. The molecule has 130 valence electrons. The van der Waals surface area contributed by atoms with Crippen LogP contribution in [0.3, 0.4) is 0 Å². The highest BCUT2D eigenvalue weighted by Gasteiger charge is 2.20. The molecular weight excluding hydrogens is 317 g/mol. The number of amides is 1. The van der Waals surface area contributed by atoms with Crippen LogP contribution in [0.2, 0.25) is 0 Å². The summed E-state index contributed by atoms with van der Waals surface area (Å²) in [5.74, 6) is 0.415. The number of carbonyl (C=O) groups excluding carboxylic acids is 1. The van der Waals surface area contributed by atoms with Crippen molar-refractivity contribution in [2.45, 2.75) is 26.3 Å². The Kier molecular flexibility index (Phi) is 9.14. The zero-order valence-electron chi connectivity index (χ0n) is 13.7. The van der Waals surface area contributed by atoms with Gasteiger partial charge in [-0.3, -0.25) is 9.69 Å². The van der Waals surface area contributed by atoms with Crippen LogP contribution in [0, 0.1) is 11.7 Å². The van der Waals surface area contributed by atoms with Crippen LogP contribution in [-0.2, 0) is 11.3 Å². The summed E-state index contributed by atoms with van der Waals surface area (Å²) in [5.41, 5.74) is 0.528. The van der Waals surface area contributed by atoms with Gasteiger partial charge < -0.3 is 10.6 Å². The van der Waals surface area contributed by atoms with Crippen LogP contribution in [0.4, 0.5) is 4.39 Å². The summed E-state index contributed by atoms with van der Waals surface area (Å²) in [6, 6.07) is 6.54. The monoisotopic (exact) mass is 343 g/mol. The number of hydrogen-bond donors (Lipinski definition) is 2. The van der Waals surface area contributed by atoms with Crippen LogP contribution in [0.15, 0.2) is 24.3 Å². The van der Waals surface area contributed by atoms with E-state index >= 15 is 0 Å². The summed E-state index contributed by atoms with van der Waals surface area (Å²) < 4.78 is 13.5. The van der Waals surface area contributed by atoms with Gasteiger partial charge in [-0.2, -0.15) is 0 Å². The minimum atomic E-state index is -0.271. The molecule has 0 unspecified atom stereocenters. The zero-order valence-corrected chi connectivity index (χ0v) is 14.5. The molecule has 1 heterocycles. The molecule has 0 aliphatic carbocycles. The van der Waals surface area contributed by atoms with E-state index in [-0.39, 0.29) is 30.7 Å². The molecule has 2 N–H and O–H groups in total. The number of hydrogen-bond acceptors (Lipinski definition) is 3. The molecule has 1 aliphatic heterocycles. The maximum absolute atomic E-state index is 13.5. The predicted octanol–water partition coefficient (Wildman–Crippen LogP) is 2.19. The lowest BCUT2D eigenvalue weighted by molar-refractivity contribution is -0.122. The van der Waals surface area contributed by atoms with E-state index in [1.807, 2.05) is 0 Å². The lowest BCUT2D eigenvalue weighted by Gasteiger charge is -2.31. The molecule has 0 spiro atoms. The number of nitrogens with zero attached hydrogens (tertiary/aromatic N) is 1. The Hall–Kier alpha value is -1.17. The number of rotatable bonds is 7. The average Bonchev–Trinajstić information content (AvgIpc) is 2.53. The lowest BCUT2D eigenvalue weighted by atomic mass is 9.97. The van der Waals surface area contributed by atoms with Crippen molar-refractivity contribution in [2.24, 2.45) is 5.92 Å². The van der Waals surface area contributed by atoms with Crippen molar-refractivity contribution in [3.05, 3.63) is 35.6 Å². The second-order valence-corrected chi connectivity index (χ2v) is 5.90. The van der Waals surface area contributed by atoms with Gasteiger partial charge in [-0.25, -0.2) is 4.39 Å². The molecule has 1 fully saturated rings. The quantitative estimate of drug-likeness (QED) is 0.797. The Morgan fingerprint density at radius 3 is 2.65 bits per heavy atom. The van der Waals surface area contributed by atoms with Crippen LogP contribution in [-0.4, -0.2) is 43.5 Å². The van der Waals surface area contributed by atoms with E-state index < -0.39 is 0 Å². The first-order valence-electron chi connectivity index (χ1n) is 8.12. The first kappa shape index (κ1) is 19.9. The molecule has 23 heavy (non-hydrogen) atoms. The Bertz CT molecular complexity index is 479. The van der Waals surface area contributed by atoms with E-state index in [1.165, 1.54) is 6.07 Å². The molecule has 6 heteroatoms. The normalized spacial score (nSPS) is 15.9. The first-order valence-corrected chi connectivity index (χ1v) is 8.12. The van der Waals surface area contributed by atoms with Crippen molar-refractivity contribution >= 4 is 18.3 Å². The van der Waals surface area contributed by atoms with Crippen molar-refractivity contribution in [2.75, 3.05) is 32.7 Å². The smallest absolute Gasteiger partial charge is 0.234 e. The molecular formula is C17H27ClFN3O. The maximum atomic E-state index is 13.5. The van der Waals surface area contributed by atoms with E-state index in [9.17, 15) is 9.18 Å². The summed E-state index contributed by atoms with van der Waals surface area (Å²) in [4.78, 5) is 14.1. The number of halogens is 2. The molecule has 2 rings (SSSR count). The van der Waals surface area contributed by atoms with Gasteiger partial charge in [-0.1, -0.05) is 25.1 Å². The summed E-state index contributed by atoms with van der Waals surface area (Å²) in [6.07, 6.45) is 2.27. The summed E-state index contributed by atoms with van der Waals surface area (Å²) >= 11 is 0. The molecule has 0 aromatic heterocycles. The van der Waals surface area contributed by atoms with E-state index in [4.69, 9.17) is 0 Å². The van der Waals surface area contributed by atoms with Crippen LogP contribution in [0.25, 0.3) is 0 Å². The number of nitrogens with one attached hydrogen (secondary N) is 2. The topological polar surface area (TPSA) is 44.4 Å². The van der Waals surface area contributed by atoms with Gasteiger partial charge in [0.1, 0.15) is 5.82 Å². The Balaban J connectivity index is 0.00000264. The van der Waals surface area contributed by atoms with Crippen LogP contribution >= 0.6 is 12.4 Å². The van der Waals surface area contributed by atoms with Gasteiger partial charge in [0.2, 0.25) is 5.91 Å². The van der Waals surface area contributed by atoms with Gasteiger partial charge in [0.05, 0.1) is 6.54 Å². The van der Waals surface area contributed by atoms with Crippen molar-refractivity contribution in [1.29, 1.82) is 0 Å². The molecule has 1 amide bonds. The van der Waals surface area contributed by atoms with Crippen molar-refractivity contribution < 1.29 is 9.18 Å². The fourth-order valence-corrected chi connectivity index (χ4v) is 2.79. The standard InChI is InChI=1S/C17H26FN3O.ClH/c1-2-19-11-14-7-9-21(10-8-14)13-17(22)20-12-15-5-3-4-6-16(15)18;/h3-6,14,19H,2,7-13H2,1H3,(H,20,22);1H. The van der Waals surface area contributed by atoms with E-state index in [0.717, 1.165) is 44.9 Å². The van der Waals surface area contributed by atoms with Gasteiger partial charge in [-0.15, -0.1) is 12.4 Å². The number of likely N-dealkylation sites (tertiary alicyclic amines) is 1. The molecule has 1 aromatic rings. The summed E-state index contributed by atoms with van der Waals surface area (Å²) in [6.45, 7) is 6.79. The molecule has 0 bridgehead atoms. The number of carbonyl (C=O) groups is 1. The molecule has 1 aliphatic rings. The minimum Gasteiger partial charge on any atom is -0.351 e. The number of piperidine rings is 1. The van der Waals surface area contributed by atoms with Crippen molar-refractivity contribution in [3.63, 3.8) is 0 Å². The molecule has 0 radical (unpaired) electrons. The summed E-state index contributed by atoms with van der Waals surface area (Å²) in [5, 5.41) is 6.18. The Labute approximate surface area is 144 Å². The fraction of sp³-hybridized carbons (Fsp3) is 0.588. The molecule has 1 saturated heterocycles. The third kappa shape index (κ3) is 6.85. The van der Waals surface area contributed by atoms with Gasteiger partial charge >= 0.3 is 0 Å². The van der Waals surface area contributed by atoms with Crippen LogP contribution in [0.1, 0.15) is 25.3 Å². The predicted molar refractivity (Wildman–Crippen MR) is 93.2 cm³/mol. The van der Waals surface area contributed by atoms with Gasteiger partial charge in [-0.05, 0) is 51.0 Å². The second kappa shape index (κ2) is 10.6. The van der Waals surface area contributed by atoms with Gasteiger partial charge in [0.15, 0.2) is 0 Å². The zero-order chi connectivity index (χ0) is 15.8. The molecule has 1 aromatic carbocycles. The lowest BCUT2D eigenvalue weighted by Crippen LogP contribution is -2.42. The Morgan fingerprint density at radius 2 is 2.00 bits per heavy atom. The average molecular weight is 344 g/mol. The van der Waals surface area contributed by atoms with E-state index in [1.54, 1.807) is 18.2 Å². The third-order valence-corrected chi connectivity index (χ3v) is 4.19. The van der Waals surface area contributed by atoms with Crippen molar-refractivity contribution in [3.8, 4) is 0 Å². The Morgan fingerprint density at radius 1 is 1.30 bits per heavy atom. The summed E-state index contributed by atoms with van der Waals surface area (Å²) in [7, 11) is 0. The van der Waals surface area contributed by atoms with Crippen LogP contribution < -0.4 is 10.6 Å². The second-order valence-electron chi connectivity index (χ2n) is 5.90. The minimum absolute atomic E-state index is 0. The molecule has 4 nitrogen and oxygen atoms in total. The first-order chi connectivity index (χ1) is 10.7. The number of benzene rings is 1. The fourth-order valence-electron chi connectivity index (χ4n) is 2.79. The van der Waals surface area contributed by atoms with E-state index in [0.29, 0.717) is 12.1 Å².